The molecule has 0 saturated carbocycles. The molecule has 0 saturated heterocycles. The number of aromatic nitrogens is 1. The summed E-state index contributed by atoms with van der Waals surface area (Å²) in [5, 5.41) is 1.22. The van der Waals surface area contributed by atoms with Crippen LogP contribution in [0, 0.1) is 6.92 Å². The second kappa shape index (κ2) is 8.47. The molecule has 1 aromatic heterocycles. The Labute approximate surface area is 179 Å². The number of rotatable bonds is 5. The van der Waals surface area contributed by atoms with Gasteiger partial charge in [-0.2, -0.15) is 0 Å². The molecule has 30 heavy (non-hydrogen) atoms. The first-order valence-corrected chi connectivity index (χ1v) is 9.82. The Morgan fingerprint density at radius 1 is 0.933 bits per heavy atom. The van der Waals surface area contributed by atoms with Crippen LogP contribution in [-0.4, -0.2) is 23.3 Å². The Bertz CT molecular complexity index is 1230. The topological polar surface area (TPSA) is 56.3 Å². The number of ether oxygens (including phenoxy) is 1. The Morgan fingerprint density at radius 3 is 2.37 bits per heavy atom. The summed E-state index contributed by atoms with van der Waals surface area (Å²) < 4.78 is 5.34. The number of hydrogen-bond donors (Lipinski definition) is 0. The van der Waals surface area contributed by atoms with Gasteiger partial charge >= 0.3 is 5.97 Å². The maximum atomic E-state index is 12.9. The quantitative estimate of drug-likeness (QED) is 0.300. The fourth-order valence-corrected chi connectivity index (χ4v) is 3.27. The number of aryl methyl sites for hydroxylation is 1. The number of hydrogen-bond acceptors (Lipinski definition) is 4. The van der Waals surface area contributed by atoms with Crippen molar-refractivity contribution in [2.75, 3.05) is 6.61 Å². The molecule has 4 aromatic rings. The SMILES string of the molecule is Cc1ccc(-c2cc(C(=O)OCC(=O)c3ccc(Cl)cc3)c3ccccc3n2)cc1. The van der Waals surface area contributed by atoms with Crippen molar-refractivity contribution in [3.8, 4) is 11.3 Å². The van der Waals surface area contributed by atoms with Gasteiger partial charge in [0.25, 0.3) is 0 Å². The zero-order valence-corrected chi connectivity index (χ0v) is 17.0. The number of benzene rings is 3. The normalized spacial score (nSPS) is 10.7. The van der Waals surface area contributed by atoms with Crippen molar-refractivity contribution in [3.63, 3.8) is 0 Å². The highest BCUT2D eigenvalue weighted by Gasteiger charge is 2.17. The van der Waals surface area contributed by atoms with E-state index in [1.54, 1.807) is 30.3 Å². The van der Waals surface area contributed by atoms with Crippen LogP contribution >= 0.6 is 11.6 Å². The maximum absolute atomic E-state index is 12.9. The zero-order chi connectivity index (χ0) is 21.1. The summed E-state index contributed by atoms with van der Waals surface area (Å²) in [5.74, 6) is -0.860. The number of para-hydroxylation sites is 1. The van der Waals surface area contributed by atoms with E-state index < -0.39 is 5.97 Å². The first-order valence-electron chi connectivity index (χ1n) is 9.44. The Morgan fingerprint density at radius 2 is 1.63 bits per heavy atom. The molecule has 0 unspecified atom stereocenters. The third-order valence-corrected chi connectivity index (χ3v) is 5.04. The van der Waals surface area contributed by atoms with Crippen molar-refractivity contribution < 1.29 is 14.3 Å². The van der Waals surface area contributed by atoms with Gasteiger partial charge < -0.3 is 4.74 Å². The van der Waals surface area contributed by atoms with Gasteiger partial charge in [0.2, 0.25) is 0 Å². The molecule has 4 rings (SSSR count). The van der Waals surface area contributed by atoms with Crippen molar-refractivity contribution in [3.05, 3.63) is 101 Å². The van der Waals surface area contributed by atoms with Gasteiger partial charge in [0.15, 0.2) is 12.4 Å². The van der Waals surface area contributed by atoms with E-state index in [-0.39, 0.29) is 12.4 Å². The highest BCUT2D eigenvalue weighted by atomic mass is 35.5. The van der Waals surface area contributed by atoms with Crippen LogP contribution in [0.25, 0.3) is 22.2 Å². The first-order chi connectivity index (χ1) is 14.5. The van der Waals surface area contributed by atoms with E-state index in [1.807, 2.05) is 55.5 Å². The molecule has 0 fully saturated rings. The number of carbonyl (C=O) groups is 2. The minimum Gasteiger partial charge on any atom is -0.454 e. The number of pyridine rings is 1. The molecule has 0 spiro atoms. The zero-order valence-electron chi connectivity index (χ0n) is 16.3. The smallest absolute Gasteiger partial charge is 0.339 e. The third kappa shape index (κ3) is 4.24. The fraction of sp³-hybridized carbons (Fsp3) is 0.0800. The summed E-state index contributed by atoms with van der Waals surface area (Å²) in [6, 6.07) is 23.5. The summed E-state index contributed by atoms with van der Waals surface area (Å²) in [4.78, 5) is 29.9. The van der Waals surface area contributed by atoms with Crippen LogP contribution < -0.4 is 0 Å². The van der Waals surface area contributed by atoms with Crippen molar-refractivity contribution in [2.45, 2.75) is 6.92 Å². The fourth-order valence-electron chi connectivity index (χ4n) is 3.14. The molecule has 0 aliphatic carbocycles. The molecule has 0 N–H and O–H groups in total. The van der Waals surface area contributed by atoms with Gasteiger partial charge in [-0.1, -0.05) is 59.6 Å². The minimum absolute atomic E-state index is 0.294. The van der Waals surface area contributed by atoms with Crippen LogP contribution in [-0.2, 0) is 4.74 Å². The van der Waals surface area contributed by atoms with Crippen LogP contribution in [0.2, 0.25) is 5.02 Å². The second-order valence-electron chi connectivity index (χ2n) is 6.94. The molecule has 5 heteroatoms. The summed E-state index contributed by atoms with van der Waals surface area (Å²) in [6.45, 7) is 1.66. The Kier molecular flexibility index (Phi) is 5.59. The number of halogens is 1. The molecule has 1 heterocycles. The average molecular weight is 416 g/mol. The Hall–Kier alpha value is -3.50. The number of Topliss-reactive ketones (excluding diaryl/α,β-unsaturated/α-hetero) is 1. The standard InChI is InChI=1S/C25H18ClNO3/c1-16-6-8-17(9-7-16)23-14-21(20-4-2-3-5-22(20)27-23)25(29)30-15-24(28)18-10-12-19(26)13-11-18/h2-14H,15H2,1H3. The van der Waals surface area contributed by atoms with Crippen molar-refractivity contribution >= 4 is 34.3 Å². The van der Waals surface area contributed by atoms with Gasteiger partial charge in [-0.3, -0.25) is 4.79 Å². The third-order valence-electron chi connectivity index (χ3n) is 4.78. The van der Waals surface area contributed by atoms with Crippen molar-refractivity contribution in [2.24, 2.45) is 0 Å². The molecule has 0 bridgehead atoms. The van der Waals surface area contributed by atoms with E-state index in [4.69, 9.17) is 16.3 Å². The second-order valence-corrected chi connectivity index (χ2v) is 7.38. The number of carbonyl (C=O) groups excluding carboxylic acids is 2. The van der Waals surface area contributed by atoms with Crippen LogP contribution in [0.5, 0.6) is 0 Å². The summed E-state index contributed by atoms with van der Waals surface area (Å²) >= 11 is 5.85. The van der Waals surface area contributed by atoms with E-state index in [0.29, 0.717) is 32.7 Å². The predicted octanol–water partition coefficient (Wildman–Crippen LogP) is 5.90. The van der Waals surface area contributed by atoms with Gasteiger partial charge in [0.1, 0.15) is 0 Å². The lowest BCUT2D eigenvalue weighted by Gasteiger charge is -2.10. The average Bonchev–Trinajstić information content (AvgIpc) is 2.77. The van der Waals surface area contributed by atoms with Crippen LogP contribution in [0.4, 0.5) is 0 Å². The van der Waals surface area contributed by atoms with Gasteiger partial charge in [-0.25, -0.2) is 9.78 Å². The monoisotopic (exact) mass is 415 g/mol. The largest absolute Gasteiger partial charge is 0.454 e. The summed E-state index contributed by atoms with van der Waals surface area (Å²) in [5.41, 5.74) is 4.21. The molecule has 0 aliphatic heterocycles. The van der Waals surface area contributed by atoms with Crippen molar-refractivity contribution in [1.29, 1.82) is 0 Å². The van der Waals surface area contributed by atoms with Crippen LogP contribution in [0.1, 0.15) is 26.3 Å². The molecule has 0 amide bonds. The highest BCUT2D eigenvalue weighted by molar-refractivity contribution is 6.30. The molecule has 148 valence electrons. The van der Waals surface area contributed by atoms with Crippen LogP contribution in [0.3, 0.4) is 0 Å². The number of esters is 1. The maximum Gasteiger partial charge on any atom is 0.339 e. The van der Waals surface area contributed by atoms with Crippen molar-refractivity contribution in [1.82, 2.24) is 4.98 Å². The minimum atomic E-state index is -0.565. The van der Waals surface area contributed by atoms with E-state index in [2.05, 4.69) is 4.98 Å². The molecule has 3 aromatic carbocycles. The molecular formula is C25H18ClNO3. The van der Waals surface area contributed by atoms with Gasteiger partial charge in [0, 0.05) is 21.5 Å². The lowest BCUT2D eigenvalue weighted by atomic mass is 10.0. The molecule has 0 atom stereocenters. The highest BCUT2D eigenvalue weighted by Crippen LogP contribution is 2.26. The summed E-state index contributed by atoms with van der Waals surface area (Å²) in [7, 11) is 0. The number of nitrogens with zero attached hydrogens (tertiary/aromatic N) is 1. The van der Waals surface area contributed by atoms with Gasteiger partial charge in [-0.05, 0) is 43.3 Å². The lowest BCUT2D eigenvalue weighted by Crippen LogP contribution is -2.15. The molecule has 0 radical (unpaired) electrons. The van der Waals surface area contributed by atoms with E-state index in [0.717, 1.165) is 11.1 Å². The molecule has 4 nitrogen and oxygen atoms in total. The van der Waals surface area contributed by atoms with E-state index in [9.17, 15) is 9.59 Å². The van der Waals surface area contributed by atoms with Crippen LogP contribution in [0.15, 0.2) is 78.9 Å². The van der Waals surface area contributed by atoms with Gasteiger partial charge in [0.05, 0.1) is 16.8 Å². The summed E-state index contributed by atoms with van der Waals surface area (Å²) in [6.07, 6.45) is 0. The lowest BCUT2D eigenvalue weighted by molar-refractivity contribution is 0.0476. The number of fused-ring (bicyclic) bond motifs is 1. The predicted molar refractivity (Wildman–Crippen MR) is 118 cm³/mol. The van der Waals surface area contributed by atoms with E-state index in [1.165, 1.54) is 0 Å². The van der Waals surface area contributed by atoms with Gasteiger partial charge in [-0.15, -0.1) is 0 Å². The molecule has 0 aliphatic rings. The first kappa shape index (κ1) is 19.8. The Balaban J connectivity index is 1.63. The van der Waals surface area contributed by atoms with E-state index >= 15 is 0 Å². The molecular weight excluding hydrogens is 398 g/mol. The number of ketones is 1.